The number of hydrogen-bond donors (Lipinski definition) is 0. The highest BCUT2D eigenvalue weighted by molar-refractivity contribution is 5.88. The Labute approximate surface area is 184 Å². The second-order valence-corrected chi connectivity index (χ2v) is 9.63. The molecule has 0 unspecified atom stereocenters. The smallest absolute Gasteiger partial charge is 0.312 e. The quantitative estimate of drug-likeness (QED) is 0.549. The fraction of sp³-hybridized carbons (Fsp3) is 0.667. The first-order valence-electron chi connectivity index (χ1n) is 11.4. The van der Waals surface area contributed by atoms with E-state index < -0.39 is 5.41 Å². The number of nitrogens with zero attached hydrogens (tertiary/aromatic N) is 2. The van der Waals surface area contributed by atoms with Crippen LogP contribution in [0.25, 0.3) is 11.0 Å². The summed E-state index contributed by atoms with van der Waals surface area (Å²) in [7, 11) is 1.45. The molecule has 1 aromatic carbocycles. The zero-order valence-electron chi connectivity index (χ0n) is 18.9. The van der Waals surface area contributed by atoms with Crippen LogP contribution in [0.3, 0.4) is 0 Å². The average Bonchev–Trinajstić information content (AvgIpc) is 3.15. The Kier molecular flexibility index (Phi) is 6.70. The van der Waals surface area contributed by atoms with Gasteiger partial charge in [-0.25, -0.2) is 0 Å². The van der Waals surface area contributed by atoms with Gasteiger partial charge < -0.3 is 23.6 Å². The summed E-state index contributed by atoms with van der Waals surface area (Å²) in [5.74, 6) is 2.27. The number of fused-ring (bicyclic) bond motifs is 1. The lowest BCUT2D eigenvalue weighted by Crippen LogP contribution is -2.44. The zero-order chi connectivity index (χ0) is 21.8. The third kappa shape index (κ3) is 5.14. The molecule has 170 valence electrons. The first-order valence-corrected chi connectivity index (χ1v) is 11.4. The van der Waals surface area contributed by atoms with E-state index in [0.717, 1.165) is 43.7 Å². The maximum absolute atomic E-state index is 11.9. The number of benzene rings is 1. The molecule has 2 heterocycles. The molecule has 0 amide bonds. The summed E-state index contributed by atoms with van der Waals surface area (Å²) >= 11 is 0. The zero-order valence-corrected chi connectivity index (χ0v) is 18.9. The summed E-state index contributed by atoms with van der Waals surface area (Å²) in [5.41, 5.74) is 0.203. The Morgan fingerprint density at radius 1 is 1.13 bits per heavy atom. The van der Waals surface area contributed by atoms with Crippen molar-refractivity contribution in [2.75, 3.05) is 40.0 Å². The number of methoxy groups -OCH3 is 1. The van der Waals surface area contributed by atoms with E-state index in [1.165, 1.54) is 26.4 Å². The van der Waals surface area contributed by atoms with Crippen LogP contribution in [-0.2, 0) is 9.53 Å². The number of ether oxygens (including phenoxy) is 3. The van der Waals surface area contributed by atoms with Crippen molar-refractivity contribution in [1.29, 1.82) is 0 Å². The number of rotatable bonds is 9. The minimum absolute atomic E-state index is 0.161. The summed E-state index contributed by atoms with van der Waals surface area (Å²) in [5, 5.41) is 4.99. The lowest BCUT2D eigenvalue weighted by Gasteiger charge is -2.35. The van der Waals surface area contributed by atoms with Crippen LogP contribution < -0.4 is 9.47 Å². The van der Waals surface area contributed by atoms with Crippen molar-refractivity contribution in [3.05, 3.63) is 18.2 Å². The number of carbonyl (C=O) groups excluding carboxylic acids is 1. The molecule has 2 aliphatic rings. The van der Waals surface area contributed by atoms with Gasteiger partial charge in [-0.15, -0.1) is 0 Å². The molecule has 0 atom stereocenters. The van der Waals surface area contributed by atoms with Crippen molar-refractivity contribution in [1.82, 2.24) is 10.1 Å². The molecule has 1 aliphatic carbocycles. The second-order valence-electron chi connectivity index (χ2n) is 9.63. The van der Waals surface area contributed by atoms with E-state index in [9.17, 15) is 4.79 Å². The molecular weight excluding hydrogens is 396 g/mol. The van der Waals surface area contributed by atoms with Gasteiger partial charge in [-0.2, -0.15) is 0 Å². The molecule has 31 heavy (non-hydrogen) atoms. The van der Waals surface area contributed by atoms with Crippen LogP contribution in [0, 0.1) is 17.3 Å². The summed E-state index contributed by atoms with van der Waals surface area (Å²) < 4.78 is 22.6. The summed E-state index contributed by atoms with van der Waals surface area (Å²) in [6, 6.07) is 5.79. The molecule has 1 saturated heterocycles. The van der Waals surface area contributed by atoms with Crippen molar-refractivity contribution in [2.45, 2.75) is 46.0 Å². The van der Waals surface area contributed by atoms with Crippen molar-refractivity contribution < 1.29 is 23.5 Å². The van der Waals surface area contributed by atoms with Gasteiger partial charge in [0, 0.05) is 6.54 Å². The van der Waals surface area contributed by atoms with Gasteiger partial charge in [0.05, 0.1) is 25.7 Å². The Bertz CT molecular complexity index is 881. The first kappa shape index (κ1) is 21.9. The van der Waals surface area contributed by atoms with Gasteiger partial charge in [0.1, 0.15) is 11.1 Å². The molecule has 2 fully saturated rings. The Morgan fingerprint density at radius 3 is 2.52 bits per heavy atom. The topological polar surface area (TPSA) is 74.0 Å². The summed E-state index contributed by atoms with van der Waals surface area (Å²) in [6.07, 6.45) is 5.85. The molecule has 1 saturated carbocycles. The standard InChI is InChI=1S/C24H34N2O5/c1-24(2,23(27)28-3)16-26-12-10-18(11-13-26)15-30-22-21-19(29-14-17-6-4-7-17)8-5-9-20(21)31-25-22/h5,8-9,17-18H,4,6-7,10-16H2,1-3H3. The van der Waals surface area contributed by atoms with Gasteiger partial charge in [-0.1, -0.05) is 12.5 Å². The molecule has 1 aromatic heterocycles. The summed E-state index contributed by atoms with van der Waals surface area (Å²) in [4.78, 5) is 14.3. The highest BCUT2D eigenvalue weighted by atomic mass is 16.5. The van der Waals surface area contributed by atoms with E-state index in [1.807, 2.05) is 32.0 Å². The van der Waals surface area contributed by atoms with Crippen molar-refractivity contribution in [3.8, 4) is 11.6 Å². The normalized spacial score (nSPS) is 18.7. The monoisotopic (exact) mass is 430 g/mol. The average molecular weight is 431 g/mol. The molecule has 7 nitrogen and oxygen atoms in total. The van der Waals surface area contributed by atoms with E-state index in [-0.39, 0.29) is 5.97 Å². The second kappa shape index (κ2) is 9.47. The number of carbonyl (C=O) groups is 1. The van der Waals surface area contributed by atoms with E-state index in [2.05, 4.69) is 10.1 Å². The maximum Gasteiger partial charge on any atom is 0.312 e. The van der Waals surface area contributed by atoms with Gasteiger partial charge in [-0.3, -0.25) is 4.79 Å². The molecule has 0 spiro atoms. The van der Waals surface area contributed by atoms with Crippen LogP contribution in [0.5, 0.6) is 11.6 Å². The highest BCUT2D eigenvalue weighted by Gasteiger charge is 2.33. The number of aromatic nitrogens is 1. The molecule has 7 heteroatoms. The van der Waals surface area contributed by atoms with Crippen LogP contribution in [-0.4, -0.2) is 56.0 Å². The van der Waals surface area contributed by atoms with Crippen LogP contribution in [0.2, 0.25) is 0 Å². The molecule has 4 rings (SSSR count). The van der Waals surface area contributed by atoms with Gasteiger partial charge in [0.2, 0.25) is 0 Å². The van der Waals surface area contributed by atoms with Crippen LogP contribution in [0.15, 0.2) is 22.7 Å². The Balaban J connectivity index is 1.30. The molecule has 1 aliphatic heterocycles. The van der Waals surface area contributed by atoms with Gasteiger partial charge in [0.15, 0.2) is 5.58 Å². The first-order chi connectivity index (χ1) is 15.0. The van der Waals surface area contributed by atoms with Crippen LogP contribution in [0.1, 0.15) is 46.0 Å². The largest absolute Gasteiger partial charge is 0.492 e. The maximum atomic E-state index is 11.9. The van der Waals surface area contributed by atoms with E-state index in [4.69, 9.17) is 18.7 Å². The minimum atomic E-state index is -0.492. The van der Waals surface area contributed by atoms with E-state index in [0.29, 0.717) is 36.5 Å². The Hall–Kier alpha value is -2.28. The molecule has 0 radical (unpaired) electrons. The minimum Gasteiger partial charge on any atom is -0.492 e. The number of hydrogen-bond acceptors (Lipinski definition) is 7. The van der Waals surface area contributed by atoms with Gasteiger partial charge in [0.25, 0.3) is 5.88 Å². The SMILES string of the molecule is COC(=O)C(C)(C)CN1CCC(COc2noc3cccc(OCC4CCC4)c23)CC1. The van der Waals surface area contributed by atoms with E-state index >= 15 is 0 Å². The lowest BCUT2D eigenvalue weighted by molar-refractivity contribution is -0.152. The summed E-state index contributed by atoms with van der Waals surface area (Å²) in [6.45, 7) is 7.83. The fourth-order valence-corrected chi connectivity index (χ4v) is 4.43. The Morgan fingerprint density at radius 2 is 1.84 bits per heavy atom. The number of piperidine rings is 1. The van der Waals surface area contributed by atoms with E-state index in [1.54, 1.807) is 0 Å². The van der Waals surface area contributed by atoms with Gasteiger partial charge in [-0.05, 0) is 81.7 Å². The van der Waals surface area contributed by atoms with Crippen molar-refractivity contribution in [2.24, 2.45) is 17.3 Å². The highest BCUT2D eigenvalue weighted by Crippen LogP contribution is 2.36. The van der Waals surface area contributed by atoms with Gasteiger partial charge >= 0.3 is 5.97 Å². The third-order valence-corrected chi connectivity index (χ3v) is 6.65. The van der Waals surface area contributed by atoms with Crippen LogP contribution >= 0.6 is 0 Å². The van der Waals surface area contributed by atoms with Crippen molar-refractivity contribution in [3.63, 3.8) is 0 Å². The number of esters is 1. The predicted octanol–water partition coefficient (Wildman–Crippen LogP) is 4.30. The number of likely N-dealkylation sites (tertiary alicyclic amines) is 1. The van der Waals surface area contributed by atoms with Crippen molar-refractivity contribution >= 4 is 16.9 Å². The van der Waals surface area contributed by atoms with Crippen LogP contribution in [0.4, 0.5) is 0 Å². The predicted molar refractivity (Wildman–Crippen MR) is 117 cm³/mol. The molecule has 0 bridgehead atoms. The fourth-order valence-electron chi connectivity index (χ4n) is 4.43. The molecule has 2 aromatic rings. The third-order valence-electron chi connectivity index (χ3n) is 6.65. The lowest BCUT2D eigenvalue weighted by atomic mass is 9.86. The molecule has 0 N–H and O–H groups in total. The molecular formula is C24H34N2O5.